The molecule has 5 rings (SSSR count). The molecule has 4 N–H and O–H groups in total. The molecule has 0 spiro atoms. The Labute approximate surface area is 294 Å². The topological polar surface area (TPSA) is 129 Å². The maximum atomic E-state index is 12.2. The maximum Gasteiger partial charge on any atom is 0.303 e. The van der Waals surface area contributed by atoms with Crippen molar-refractivity contribution < 1.29 is 34.4 Å². The van der Waals surface area contributed by atoms with Crippen LogP contribution in [-0.4, -0.2) is 57.8 Å². The van der Waals surface area contributed by atoms with Gasteiger partial charge in [0.15, 0.2) is 6.29 Å². The number of nitrogens with one attached hydrogen (secondary N) is 1. The zero-order valence-electron chi connectivity index (χ0n) is 28.8. The second-order valence-corrected chi connectivity index (χ2v) is 13.1. The summed E-state index contributed by atoms with van der Waals surface area (Å²) in [4.78, 5) is 25.1. The van der Waals surface area contributed by atoms with Crippen molar-refractivity contribution in [2.75, 3.05) is 13.6 Å². The Hall–Kier alpha value is -4.38. The first-order valence-electron chi connectivity index (χ1n) is 17.3. The van der Waals surface area contributed by atoms with Crippen LogP contribution in [0.5, 0.6) is 0 Å². The number of aliphatic hydroxyl groups excluding tert-OH is 2. The summed E-state index contributed by atoms with van der Waals surface area (Å²) < 4.78 is 13.2. The molecule has 4 aromatic rings. The van der Waals surface area contributed by atoms with Crippen LogP contribution in [0.15, 0.2) is 103 Å². The van der Waals surface area contributed by atoms with E-state index < -0.39 is 18.4 Å². The fourth-order valence-electron chi connectivity index (χ4n) is 6.23. The van der Waals surface area contributed by atoms with Gasteiger partial charge in [0.2, 0.25) is 5.91 Å². The average Bonchev–Trinajstić information content (AvgIpc) is 3.15. The molecule has 9 nitrogen and oxygen atoms in total. The smallest absolute Gasteiger partial charge is 0.303 e. The first kappa shape index (κ1) is 36.9. The van der Waals surface area contributed by atoms with E-state index in [1.165, 1.54) is 0 Å². The predicted molar refractivity (Wildman–Crippen MR) is 192 cm³/mol. The summed E-state index contributed by atoms with van der Waals surface area (Å²) in [5.74, 6) is -0.937. The number of likely N-dealkylation sites (N-methyl/N-ethyl adjacent to an activating group) is 1. The minimum Gasteiger partial charge on any atom is -0.481 e. The maximum absolute atomic E-state index is 12.2. The number of amides is 1. The quantitative estimate of drug-likeness (QED) is 0.0963. The van der Waals surface area contributed by atoms with Crippen molar-refractivity contribution in [1.29, 1.82) is 0 Å². The van der Waals surface area contributed by atoms with Crippen molar-refractivity contribution in [2.45, 2.75) is 82.8 Å². The highest BCUT2D eigenvalue weighted by Gasteiger charge is 2.34. The number of carboxylic acids is 1. The predicted octanol–water partition coefficient (Wildman–Crippen LogP) is 6.71. The van der Waals surface area contributed by atoms with E-state index in [9.17, 15) is 19.8 Å². The molecular formula is C41H48N2O7. The summed E-state index contributed by atoms with van der Waals surface area (Å²) in [6.07, 6.45) is 0.403. The van der Waals surface area contributed by atoms with E-state index in [-0.39, 0.29) is 37.2 Å². The molecule has 1 amide bonds. The summed E-state index contributed by atoms with van der Waals surface area (Å²) in [6.45, 7) is 2.99. The van der Waals surface area contributed by atoms with Crippen molar-refractivity contribution >= 4 is 11.9 Å². The normalized spacial score (nSPS) is 18.8. The molecule has 1 aliphatic heterocycles. The van der Waals surface area contributed by atoms with E-state index in [1.807, 2.05) is 111 Å². The zero-order valence-corrected chi connectivity index (χ0v) is 28.8. The number of nitrogens with zero attached hydrogens (tertiary/aromatic N) is 1. The van der Waals surface area contributed by atoms with Crippen molar-refractivity contribution in [1.82, 2.24) is 10.2 Å². The number of rotatable bonds is 16. The minimum absolute atomic E-state index is 0.0212. The van der Waals surface area contributed by atoms with Gasteiger partial charge in [0.25, 0.3) is 0 Å². The van der Waals surface area contributed by atoms with Crippen LogP contribution in [0.4, 0.5) is 0 Å². The molecule has 0 aliphatic carbocycles. The zero-order chi connectivity index (χ0) is 35.5. The number of aliphatic carboxylic acids is 1. The van der Waals surface area contributed by atoms with Gasteiger partial charge in [0, 0.05) is 44.0 Å². The van der Waals surface area contributed by atoms with Crippen LogP contribution in [0.1, 0.15) is 85.3 Å². The van der Waals surface area contributed by atoms with Gasteiger partial charge in [-0.3, -0.25) is 14.5 Å². The van der Waals surface area contributed by atoms with Crippen LogP contribution in [0.3, 0.4) is 0 Å². The molecule has 1 aliphatic rings. The standard InChI is InChI=1S/C41H48N2O7/c1-28(40(48)33-10-4-3-5-11-33)43(2)26-36-24-37(32-17-15-29(27-44)16-18-32)50-41(49-36)34-21-19-31(20-22-34)35-12-8-9-30(23-35)25-42-38(45)13-6-7-14-39(46)47/h3-5,8-12,15-23,28,36-37,40-41,44,48H,6-7,13-14,24-27H2,1-2H3,(H,42,45)(H,46,47)/t28-,36-,37+,40-,41+/m1/s1. The van der Waals surface area contributed by atoms with Crippen molar-refractivity contribution in [3.8, 4) is 11.1 Å². The molecule has 0 radical (unpaired) electrons. The van der Waals surface area contributed by atoms with Gasteiger partial charge in [-0.05, 0) is 66.3 Å². The summed E-state index contributed by atoms with van der Waals surface area (Å²) in [6, 6.07) is 33.5. The van der Waals surface area contributed by atoms with Gasteiger partial charge in [-0.15, -0.1) is 0 Å². The van der Waals surface area contributed by atoms with Gasteiger partial charge in [-0.1, -0.05) is 97.1 Å². The van der Waals surface area contributed by atoms with Gasteiger partial charge >= 0.3 is 5.97 Å². The largest absolute Gasteiger partial charge is 0.481 e. The molecule has 0 unspecified atom stereocenters. The lowest BCUT2D eigenvalue weighted by molar-refractivity contribution is -0.253. The fourth-order valence-corrected chi connectivity index (χ4v) is 6.23. The van der Waals surface area contributed by atoms with Gasteiger partial charge in [0.1, 0.15) is 0 Å². The van der Waals surface area contributed by atoms with E-state index in [0.29, 0.717) is 38.8 Å². The third-order valence-corrected chi connectivity index (χ3v) is 9.38. The lowest BCUT2D eigenvalue weighted by Gasteiger charge is -2.39. The Kier molecular flexibility index (Phi) is 13.3. The fraction of sp³-hybridized carbons (Fsp3) is 0.366. The number of hydrogen-bond acceptors (Lipinski definition) is 7. The van der Waals surface area contributed by atoms with Crippen molar-refractivity contribution in [2.24, 2.45) is 0 Å². The second-order valence-electron chi connectivity index (χ2n) is 13.1. The van der Waals surface area contributed by atoms with Gasteiger partial charge < -0.3 is 30.1 Å². The Morgan fingerprint density at radius 1 is 0.840 bits per heavy atom. The van der Waals surface area contributed by atoms with E-state index in [0.717, 1.165) is 38.9 Å². The molecular weight excluding hydrogens is 632 g/mol. The Balaban J connectivity index is 1.26. The van der Waals surface area contributed by atoms with E-state index >= 15 is 0 Å². The van der Waals surface area contributed by atoms with Gasteiger partial charge in [-0.2, -0.15) is 0 Å². The Morgan fingerprint density at radius 3 is 2.24 bits per heavy atom. The van der Waals surface area contributed by atoms with Crippen molar-refractivity contribution in [3.05, 3.63) is 131 Å². The van der Waals surface area contributed by atoms with Crippen LogP contribution in [0.25, 0.3) is 11.1 Å². The highest BCUT2D eigenvalue weighted by atomic mass is 16.7. The Bertz CT molecular complexity index is 1660. The third-order valence-electron chi connectivity index (χ3n) is 9.38. The van der Waals surface area contributed by atoms with Gasteiger partial charge in [0.05, 0.1) is 24.9 Å². The SMILES string of the molecule is C[C@H]([C@@H](O)c1ccccc1)N(C)C[C@H]1C[C@@H](c2ccc(CO)cc2)O[C@@H](c2ccc(-c3cccc(CNC(=O)CCCCC(=O)O)c3)cc2)O1. The van der Waals surface area contributed by atoms with Crippen LogP contribution < -0.4 is 5.32 Å². The van der Waals surface area contributed by atoms with Crippen LogP contribution in [0, 0.1) is 0 Å². The van der Waals surface area contributed by atoms with Crippen LogP contribution in [0.2, 0.25) is 0 Å². The molecule has 1 heterocycles. The summed E-state index contributed by atoms with van der Waals surface area (Å²) in [5.41, 5.74) is 6.62. The highest BCUT2D eigenvalue weighted by molar-refractivity contribution is 5.76. The number of hydrogen-bond donors (Lipinski definition) is 4. The molecule has 4 aromatic carbocycles. The number of benzene rings is 4. The summed E-state index contributed by atoms with van der Waals surface area (Å²) in [5, 5.41) is 32.3. The minimum atomic E-state index is -0.846. The highest BCUT2D eigenvalue weighted by Crippen LogP contribution is 2.39. The lowest BCUT2D eigenvalue weighted by atomic mass is 9.98. The lowest BCUT2D eigenvalue weighted by Crippen LogP contribution is -2.43. The number of aliphatic hydroxyl groups is 2. The summed E-state index contributed by atoms with van der Waals surface area (Å²) >= 11 is 0. The first-order valence-corrected chi connectivity index (χ1v) is 17.3. The third kappa shape index (κ3) is 10.3. The van der Waals surface area contributed by atoms with Crippen LogP contribution in [-0.2, 0) is 32.2 Å². The molecule has 1 fully saturated rings. The molecule has 0 aromatic heterocycles. The molecule has 9 heteroatoms. The molecule has 0 saturated carbocycles. The summed E-state index contributed by atoms with van der Waals surface area (Å²) in [7, 11) is 2.01. The van der Waals surface area contributed by atoms with E-state index in [1.54, 1.807) is 0 Å². The average molecular weight is 681 g/mol. The first-order chi connectivity index (χ1) is 24.2. The van der Waals surface area contributed by atoms with E-state index in [2.05, 4.69) is 16.3 Å². The van der Waals surface area contributed by atoms with E-state index in [4.69, 9.17) is 14.6 Å². The Morgan fingerprint density at radius 2 is 1.54 bits per heavy atom. The number of carbonyl (C=O) groups excluding carboxylic acids is 1. The van der Waals surface area contributed by atoms with Crippen molar-refractivity contribution in [3.63, 3.8) is 0 Å². The number of unbranched alkanes of at least 4 members (excludes halogenated alkanes) is 1. The second kappa shape index (κ2) is 18.0. The number of ether oxygens (including phenoxy) is 2. The number of carboxylic acid groups (broad SMARTS) is 1. The van der Waals surface area contributed by atoms with Crippen LogP contribution >= 0.6 is 0 Å². The van der Waals surface area contributed by atoms with Gasteiger partial charge in [-0.25, -0.2) is 0 Å². The molecule has 264 valence electrons. The molecule has 5 atom stereocenters. The monoisotopic (exact) mass is 680 g/mol. The number of carbonyl (C=O) groups is 2. The molecule has 1 saturated heterocycles. The molecule has 0 bridgehead atoms. The molecule has 50 heavy (non-hydrogen) atoms.